The molecule has 0 fully saturated rings. The highest BCUT2D eigenvalue weighted by atomic mass is 19.4. The van der Waals surface area contributed by atoms with Crippen molar-refractivity contribution in [3.8, 4) is 0 Å². The van der Waals surface area contributed by atoms with E-state index in [-0.39, 0.29) is 0 Å². The Morgan fingerprint density at radius 1 is 1.15 bits per heavy atom. The Kier molecular flexibility index (Phi) is 4.44. The summed E-state index contributed by atoms with van der Waals surface area (Å²) in [5, 5.41) is 7.38. The van der Waals surface area contributed by atoms with E-state index < -0.39 is 11.7 Å². The van der Waals surface area contributed by atoms with Crippen LogP contribution in [0.15, 0.2) is 36.7 Å². The molecule has 0 radical (unpaired) electrons. The van der Waals surface area contributed by atoms with Gasteiger partial charge >= 0.3 is 6.18 Å². The van der Waals surface area contributed by atoms with E-state index in [9.17, 15) is 13.2 Å². The van der Waals surface area contributed by atoms with Crippen molar-refractivity contribution >= 4 is 0 Å². The first-order chi connectivity index (χ1) is 9.49. The van der Waals surface area contributed by atoms with Gasteiger partial charge in [0.2, 0.25) is 0 Å². The largest absolute Gasteiger partial charge is 0.416 e. The average molecular weight is 283 g/mol. The molecule has 0 aliphatic heterocycles. The van der Waals surface area contributed by atoms with Gasteiger partial charge in [-0.2, -0.15) is 18.3 Å². The zero-order chi connectivity index (χ0) is 14.6. The summed E-state index contributed by atoms with van der Waals surface area (Å²) in [6.07, 6.45) is -0.643. The van der Waals surface area contributed by atoms with Crippen LogP contribution in [-0.4, -0.2) is 16.3 Å². The number of alkyl halides is 3. The second-order valence-corrected chi connectivity index (χ2v) is 4.52. The number of benzene rings is 1. The molecule has 0 bridgehead atoms. The summed E-state index contributed by atoms with van der Waals surface area (Å²) in [5.41, 5.74) is 1.21. The molecular formula is C14H16F3N3. The molecule has 20 heavy (non-hydrogen) atoms. The van der Waals surface area contributed by atoms with Crippen LogP contribution in [0.25, 0.3) is 0 Å². The molecule has 1 N–H and O–H groups in total. The number of nitrogens with zero attached hydrogens (tertiary/aromatic N) is 2. The smallest absolute Gasteiger partial charge is 0.313 e. The van der Waals surface area contributed by atoms with Gasteiger partial charge < -0.3 is 5.32 Å². The average Bonchev–Trinajstić information content (AvgIpc) is 2.83. The van der Waals surface area contributed by atoms with Crippen LogP contribution in [0.1, 0.15) is 23.6 Å². The quantitative estimate of drug-likeness (QED) is 0.914. The lowest BCUT2D eigenvalue weighted by Crippen LogP contribution is -2.11. The molecule has 0 amide bonds. The number of nitrogens with one attached hydrogen (secondary N) is 1. The summed E-state index contributed by atoms with van der Waals surface area (Å²) < 4.78 is 39.0. The fraction of sp³-hybridized carbons (Fsp3) is 0.357. The molecular weight excluding hydrogens is 267 g/mol. The maximum Gasteiger partial charge on any atom is 0.416 e. The van der Waals surface area contributed by atoms with Gasteiger partial charge in [-0.05, 0) is 24.2 Å². The summed E-state index contributed by atoms with van der Waals surface area (Å²) in [6.45, 7) is 4.10. The molecule has 0 saturated heterocycles. The Morgan fingerprint density at radius 3 is 2.45 bits per heavy atom. The fourth-order valence-corrected chi connectivity index (χ4v) is 1.84. The minimum absolute atomic E-state index is 0.463. The number of hydrogen-bond acceptors (Lipinski definition) is 2. The maximum absolute atomic E-state index is 12.4. The second-order valence-electron chi connectivity index (χ2n) is 4.52. The molecule has 0 aliphatic rings. The molecule has 1 aromatic carbocycles. The van der Waals surface area contributed by atoms with E-state index >= 15 is 0 Å². The first-order valence-corrected chi connectivity index (χ1v) is 6.37. The molecule has 108 valence electrons. The van der Waals surface area contributed by atoms with Crippen molar-refractivity contribution in [3.05, 3.63) is 53.3 Å². The van der Waals surface area contributed by atoms with Gasteiger partial charge in [0.15, 0.2) is 0 Å². The van der Waals surface area contributed by atoms with E-state index in [4.69, 9.17) is 0 Å². The van der Waals surface area contributed by atoms with E-state index in [1.165, 1.54) is 12.1 Å². The molecule has 2 aromatic rings. The molecule has 2 rings (SSSR count). The van der Waals surface area contributed by atoms with Crippen molar-refractivity contribution in [2.24, 2.45) is 0 Å². The van der Waals surface area contributed by atoms with Crippen LogP contribution in [0, 0.1) is 0 Å². The predicted octanol–water partition coefficient (Wildman–Crippen LogP) is 3.06. The highest BCUT2D eigenvalue weighted by Gasteiger charge is 2.29. The third-order valence-electron chi connectivity index (χ3n) is 2.89. The molecule has 0 saturated carbocycles. The van der Waals surface area contributed by atoms with Gasteiger partial charge in [0.1, 0.15) is 0 Å². The van der Waals surface area contributed by atoms with Crippen molar-refractivity contribution in [2.45, 2.75) is 26.2 Å². The third-order valence-corrected chi connectivity index (χ3v) is 2.89. The maximum atomic E-state index is 12.4. The van der Waals surface area contributed by atoms with Gasteiger partial charge in [0.05, 0.1) is 18.3 Å². The van der Waals surface area contributed by atoms with Crippen LogP contribution < -0.4 is 5.32 Å². The van der Waals surface area contributed by atoms with E-state index in [2.05, 4.69) is 10.4 Å². The zero-order valence-corrected chi connectivity index (χ0v) is 11.1. The molecule has 1 heterocycles. The number of halogens is 3. The monoisotopic (exact) mass is 283 g/mol. The second kappa shape index (κ2) is 6.09. The standard InChI is InChI=1S/C14H16F3N3/c1-2-18-7-12-8-19-20(10-12)9-11-3-5-13(6-4-11)14(15,16)17/h3-6,8,10,18H,2,7,9H2,1H3. The molecule has 1 aromatic heterocycles. The van der Waals surface area contributed by atoms with Gasteiger partial charge in [-0.1, -0.05) is 19.1 Å². The normalized spacial score (nSPS) is 11.8. The first kappa shape index (κ1) is 14.6. The highest BCUT2D eigenvalue weighted by Crippen LogP contribution is 2.29. The summed E-state index contributed by atoms with van der Waals surface area (Å²) >= 11 is 0. The van der Waals surface area contributed by atoms with Crippen LogP contribution in [0.5, 0.6) is 0 Å². The minimum atomic E-state index is -4.29. The first-order valence-electron chi connectivity index (χ1n) is 6.37. The van der Waals surface area contributed by atoms with Crippen LogP contribution >= 0.6 is 0 Å². The lowest BCUT2D eigenvalue weighted by molar-refractivity contribution is -0.137. The Bertz CT molecular complexity index is 544. The Morgan fingerprint density at radius 2 is 1.85 bits per heavy atom. The Labute approximate surface area is 115 Å². The van der Waals surface area contributed by atoms with E-state index in [0.29, 0.717) is 6.54 Å². The van der Waals surface area contributed by atoms with E-state index in [1.54, 1.807) is 10.9 Å². The zero-order valence-electron chi connectivity index (χ0n) is 11.1. The van der Waals surface area contributed by atoms with Crippen molar-refractivity contribution in [3.63, 3.8) is 0 Å². The van der Waals surface area contributed by atoms with Gasteiger partial charge in [0, 0.05) is 18.3 Å². The van der Waals surface area contributed by atoms with Gasteiger partial charge in [-0.25, -0.2) is 0 Å². The van der Waals surface area contributed by atoms with Crippen molar-refractivity contribution in [2.75, 3.05) is 6.54 Å². The van der Waals surface area contributed by atoms with E-state index in [1.807, 2.05) is 13.1 Å². The topological polar surface area (TPSA) is 29.9 Å². The van der Waals surface area contributed by atoms with Crippen LogP contribution in [0.4, 0.5) is 13.2 Å². The summed E-state index contributed by atoms with van der Waals surface area (Å²) in [6, 6.07) is 5.15. The molecule has 0 aliphatic carbocycles. The lowest BCUT2D eigenvalue weighted by atomic mass is 10.1. The van der Waals surface area contributed by atoms with Gasteiger partial charge in [-0.3, -0.25) is 4.68 Å². The third kappa shape index (κ3) is 3.84. The van der Waals surface area contributed by atoms with Crippen LogP contribution in [0.2, 0.25) is 0 Å². The SMILES string of the molecule is CCNCc1cnn(Cc2ccc(C(F)(F)F)cc2)c1. The molecule has 0 unspecified atom stereocenters. The minimum Gasteiger partial charge on any atom is -0.313 e. The summed E-state index contributed by atoms with van der Waals surface area (Å²) in [7, 11) is 0. The molecule has 0 atom stereocenters. The fourth-order valence-electron chi connectivity index (χ4n) is 1.84. The Hall–Kier alpha value is -1.82. The number of rotatable bonds is 5. The van der Waals surface area contributed by atoms with Crippen LogP contribution in [0.3, 0.4) is 0 Å². The van der Waals surface area contributed by atoms with Crippen LogP contribution in [-0.2, 0) is 19.3 Å². The van der Waals surface area contributed by atoms with Crippen molar-refractivity contribution < 1.29 is 13.2 Å². The van der Waals surface area contributed by atoms with Crippen molar-refractivity contribution in [1.82, 2.24) is 15.1 Å². The molecule has 3 nitrogen and oxygen atoms in total. The Balaban J connectivity index is 2.01. The number of hydrogen-bond donors (Lipinski definition) is 1. The van der Waals surface area contributed by atoms with E-state index in [0.717, 1.165) is 36.3 Å². The molecule has 0 spiro atoms. The van der Waals surface area contributed by atoms with Crippen molar-refractivity contribution in [1.29, 1.82) is 0 Å². The summed E-state index contributed by atoms with van der Waals surface area (Å²) in [5.74, 6) is 0. The lowest BCUT2D eigenvalue weighted by Gasteiger charge is -2.07. The summed E-state index contributed by atoms with van der Waals surface area (Å²) in [4.78, 5) is 0. The number of aromatic nitrogens is 2. The molecule has 6 heteroatoms. The predicted molar refractivity (Wildman–Crippen MR) is 70.2 cm³/mol. The van der Waals surface area contributed by atoms with Gasteiger partial charge in [0.25, 0.3) is 0 Å². The highest BCUT2D eigenvalue weighted by molar-refractivity contribution is 5.24. The van der Waals surface area contributed by atoms with Gasteiger partial charge in [-0.15, -0.1) is 0 Å².